The van der Waals surface area contributed by atoms with Gasteiger partial charge in [-0.05, 0) is 42.0 Å². The molecule has 0 bridgehead atoms. The van der Waals surface area contributed by atoms with Crippen molar-refractivity contribution < 1.29 is 9.47 Å². The number of ether oxygens (including phenoxy) is 2. The van der Waals surface area contributed by atoms with Crippen molar-refractivity contribution in [1.82, 2.24) is 5.43 Å². The number of rotatable bonds is 8. The van der Waals surface area contributed by atoms with Crippen LogP contribution in [0.1, 0.15) is 16.7 Å². The van der Waals surface area contributed by atoms with Gasteiger partial charge in [0.25, 0.3) is 0 Å². The van der Waals surface area contributed by atoms with Gasteiger partial charge in [-0.3, -0.25) is 0 Å². The molecule has 9 heteroatoms. The highest BCUT2D eigenvalue weighted by atomic mass is 35.5. The minimum Gasteiger partial charge on any atom is -0.493 e. The zero-order valence-corrected chi connectivity index (χ0v) is 20.0. The minimum atomic E-state index is 0.208. The van der Waals surface area contributed by atoms with Crippen LogP contribution in [0.3, 0.4) is 0 Å². The zero-order valence-electron chi connectivity index (χ0n) is 16.3. The standard InChI is InChI=1S/C22H17Cl5N2O2/c1-30-21-8-13(10-28-29-11-16-17(24)3-2-4-18(16)25)7-20(27)22(21)31-12-14-5-6-15(23)9-19(14)26/h2-10,29H,11-12H2,1H3/b28-10-. The molecule has 0 amide bonds. The summed E-state index contributed by atoms with van der Waals surface area (Å²) in [5, 5.41) is 6.78. The van der Waals surface area contributed by atoms with E-state index in [1.54, 1.807) is 54.7 Å². The molecule has 0 atom stereocenters. The lowest BCUT2D eigenvalue weighted by molar-refractivity contribution is 0.285. The Balaban J connectivity index is 1.69. The fourth-order valence-electron chi connectivity index (χ4n) is 2.69. The monoisotopic (exact) mass is 516 g/mol. The maximum atomic E-state index is 6.42. The third-order valence-corrected chi connectivity index (χ3v) is 5.84. The first kappa shape index (κ1) is 23.8. The molecule has 4 nitrogen and oxygen atoms in total. The fourth-order valence-corrected chi connectivity index (χ4v) is 3.96. The van der Waals surface area contributed by atoms with E-state index in [2.05, 4.69) is 10.5 Å². The molecule has 3 rings (SSSR count). The van der Waals surface area contributed by atoms with Crippen LogP contribution in [0.2, 0.25) is 25.1 Å². The van der Waals surface area contributed by atoms with Crippen LogP contribution in [0.25, 0.3) is 0 Å². The van der Waals surface area contributed by atoms with E-state index in [4.69, 9.17) is 67.5 Å². The van der Waals surface area contributed by atoms with Crippen LogP contribution < -0.4 is 14.9 Å². The second kappa shape index (κ2) is 11.2. The molecule has 0 fully saturated rings. The van der Waals surface area contributed by atoms with E-state index < -0.39 is 0 Å². The summed E-state index contributed by atoms with van der Waals surface area (Å²) in [4.78, 5) is 0. The molecular weight excluding hydrogens is 502 g/mol. The highest BCUT2D eigenvalue weighted by molar-refractivity contribution is 6.36. The molecule has 3 aromatic rings. The number of nitrogens with zero attached hydrogens (tertiary/aromatic N) is 1. The third-order valence-electron chi connectivity index (χ3n) is 4.26. The van der Waals surface area contributed by atoms with Crippen molar-refractivity contribution in [2.24, 2.45) is 5.10 Å². The molecule has 0 aliphatic heterocycles. The number of methoxy groups -OCH3 is 1. The van der Waals surface area contributed by atoms with Crippen molar-refractivity contribution in [1.29, 1.82) is 0 Å². The van der Waals surface area contributed by atoms with Crippen LogP contribution in [0.5, 0.6) is 11.5 Å². The molecule has 0 radical (unpaired) electrons. The highest BCUT2D eigenvalue weighted by Gasteiger charge is 2.13. The molecule has 0 heterocycles. The van der Waals surface area contributed by atoms with Gasteiger partial charge in [0, 0.05) is 31.2 Å². The Morgan fingerprint density at radius 3 is 2.32 bits per heavy atom. The van der Waals surface area contributed by atoms with Gasteiger partial charge in [0.2, 0.25) is 0 Å². The second-order valence-corrected chi connectivity index (χ2v) is 8.42. The van der Waals surface area contributed by atoms with Crippen LogP contribution in [0, 0.1) is 0 Å². The smallest absolute Gasteiger partial charge is 0.180 e. The Hall–Kier alpha value is -1.82. The quantitative estimate of drug-likeness (QED) is 0.246. The lowest BCUT2D eigenvalue weighted by atomic mass is 10.2. The third kappa shape index (κ3) is 6.34. The summed E-state index contributed by atoms with van der Waals surface area (Å²) in [6.07, 6.45) is 1.61. The van der Waals surface area contributed by atoms with Gasteiger partial charge in [-0.15, -0.1) is 0 Å². The van der Waals surface area contributed by atoms with E-state index in [-0.39, 0.29) is 6.61 Å². The highest BCUT2D eigenvalue weighted by Crippen LogP contribution is 2.37. The summed E-state index contributed by atoms with van der Waals surface area (Å²) in [5.74, 6) is 0.872. The number of hydrazone groups is 1. The van der Waals surface area contributed by atoms with Crippen molar-refractivity contribution in [2.75, 3.05) is 7.11 Å². The maximum absolute atomic E-state index is 6.42. The molecule has 0 spiro atoms. The Morgan fingerprint density at radius 1 is 0.903 bits per heavy atom. The van der Waals surface area contributed by atoms with Crippen molar-refractivity contribution in [2.45, 2.75) is 13.2 Å². The van der Waals surface area contributed by atoms with Gasteiger partial charge in [-0.2, -0.15) is 5.10 Å². The summed E-state index contributed by atoms with van der Waals surface area (Å²) in [6.45, 7) is 0.586. The molecule has 162 valence electrons. The van der Waals surface area contributed by atoms with Crippen molar-refractivity contribution in [3.05, 3.63) is 90.3 Å². The lowest BCUT2D eigenvalue weighted by Crippen LogP contribution is -2.07. The topological polar surface area (TPSA) is 42.8 Å². The van der Waals surface area contributed by atoms with E-state index in [0.717, 1.165) is 16.7 Å². The van der Waals surface area contributed by atoms with Crippen LogP contribution >= 0.6 is 58.0 Å². The SMILES string of the molecule is COc1cc(/C=N\NCc2c(Cl)cccc2Cl)cc(Cl)c1OCc1ccc(Cl)cc1Cl. The van der Waals surface area contributed by atoms with Gasteiger partial charge in [0.15, 0.2) is 11.5 Å². The first-order valence-corrected chi connectivity index (χ1v) is 10.9. The zero-order chi connectivity index (χ0) is 22.4. The summed E-state index contributed by atoms with van der Waals surface area (Å²) in [6, 6.07) is 14.0. The van der Waals surface area contributed by atoms with E-state index in [1.807, 2.05) is 0 Å². The average molecular weight is 519 g/mol. The number of hydrogen-bond acceptors (Lipinski definition) is 4. The summed E-state index contributed by atoms with van der Waals surface area (Å²) in [5.41, 5.74) is 5.18. The molecule has 0 aromatic heterocycles. The Morgan fingerprint density at radius 2 is 1.65 bits per heavy atom. The number of halogens is 5. The number of benzene rings is 3. The molecule has 0 saturated carbocycles. The molecular formula is C22H17Cl5N2O2. The summed E-state index contributed by atoms with van der Waals surface area (Å²) < 4.78 is 11.3. The molecule has 3 aromatic carbocycles. The lowest BCUT2D eigenvalue weighted by Gasteiger charge is -2.14. The summed E-state index contributed by atoms with van der Waals surface area (Å²) in [7, 11) is 1.53. The van der Waals surface area contributed by atoms with Crippen molar-refractivity contribution in [3.63, 3.8) is 0 Å². The first-order valence-electron chi connectivity index (χ1n) is 9.02. The van der Waals surface area contributed by atoms with Gasteiger partial charge in [-0.25, -0.2) is 0 Å². The Kier molecular flexibility index (Phi) is 8.58. The van der Waals surface area contributed by atoms with Crippen molar-refractivity contribution >= 4 is 64.2 Å². The molecule has 0 aliphatic carbocycles. The predicted molar refractivity (Wildman–Crippen MR) is 130 cm³/mol. The van der Waals surface area contributed by atoms with Gasteiger partial charge in [0.05, 0.1) is 24.9 Å². The maximum Gasteiger partial charge on any atom is 0.180 e. The van der Waals surface area contributed by atoms with Gasteiger partial charge in [0.1, 0.15) is 6.61 Å². The van der Waals surface area contributed by atoms with Crippen LogP contribution in [-0.2, 0) is 13.2 Å². The van der Waals surface area contributed by atoms with Crippen LogP contribution in [-0.4, -0.2) is 13.3 Å². The average Bonchev–Trinajstić information content (AvgIpc) is 2.73. The summed E-state index contributed by atoms with van der Waals surface area (Å²) >= 11 is 30.9. The first-order chi connectivity index (χ1) is 14.9. The largest absolute Gasteiger partial charge is 0.493 e. The van der Waals surface area contributed by atoms with E-state index in [0.29, 0.717) is 43.2 Å². The van der Waals surface area contributed by atoms with Crippen LogP contribution in [0.4, 0.5) is 0 Å². The van der Waals surface area contributed by atoms with Gasteiger partial charge >= 0.3 is 0 Å². The van der Waals surface area contributed by atoms with E-state index >= 15 is 0 Å². The Bertz CT molecular complexity index is 1090. The van der Waals surface area contributed by atoms with Crippen molar-refractivity contribution in [3.8, 4) is 11.5 Å². The van der Waals surface area contributed by atoms with Gasteiger partial charge in [-0.1, -0.05) is 70.1 Å². The minimum absolute atomic E-state index is 0.208. The normalized spacial score (nSPS) is 11.0. The fraction of sp³-hybridized carbons (Fsp3) is 0.136. The second-order valence-electron chi connectivity index (χ2n) is 6.35. The molecule has 0 unspecified atom stereocenters. The molecule has 1 N–H and O–H groups in total. The van der Waals surface area contributed by atoms with Crippen LogP contribution in [0.15, 0.2) is 53.6 Å². The number of hydrogen-bond donors (Lipinski definition) is 1. The van der Waals surface area contributed by atoms with E-state index in [9.17, 15) is 0 Å². The van der Waals surface area contributed by atoms with E-state index in [1.165, 1.54) is 7.11 Å². The molecule has 0 saturated heterocycles. The Labute approximate surface area is 205 Å². The molecule has 0 aliphatic rings. The molecule has 31 heavy (non-hydrogen) atoms. The number of nitrogens with one attached hydrogen (secondary N) is 1. The predicted octanol–water partition coefficient (Wildman–Crippen LogP) is 7.66. The van der Waals surface area contributed by atoms with Gasteiger partial charge < -0.3 is 14.9 Å².